The van der Waals surface area contributed by atoms with Crippen molar-refractivity contribution in [3.63, 3.8) is 0 Å². The van der Waals surface area contributed by atoms with Gasteiger partial charge in [-0.2, -0.15) is 0 Å². The van der Waals surface area contributed by atoms with Gasteiger partial charge in [0, 0.05) is 19.0 Å². The van der Waals surface area contributed by atoms with Crippen LogP contribution < -0.4 is 0 Å². The van der Waals surface area contributed by atoms with E-state index < -0.39 is 11.8 Å². The van der Waals surface area contributed by atoms with Crippen molar-refractivity contribution in [2.75, 3.05) is 19.0 Å². The maximum absolute atomic E-state index is 12.9. The Hall–Kier alpha value is -0.380. The summed E-state index contributed by atoms with van der Waals surface area (Å²) in [5.41, 5.74) is 0. The SMILES string of the molecule is CC(F)(F)C1CCN(C(=O)CCl)CC1. The maximum Gasteiger partial charge on any atom is 0.248 e. The Morgan fingerprint density at radius 3 is 2.36 bits per heavy atom. The largest absolute Gasteiger partial charge is 0.342 e. The lowest BCUT2D eigenvalue weighted by Gasteiger charge is -2.34. The van der Waals surface area contributed by atoms with Crippen molar-refractivity contribution in [2.45, 2.75) is 25.7 Å². The van der Waals surface area contributed by atoms with E-state index in [1.807, 2.05) is 0 Å². The van der Waals surface area contributed by atoms with E-state index in [1.54, 1.807) is 4.90 Å². The van der Waals surface area contributed by atoms with Crippen molar-refractivity contribution in [1.29, 1.82) is 0 Å². The molecule has 5 heteroatoms. The number of halogens is 3. The number of carbonyl (C=O) groups is 1. The van der Waals surface area contributed by atoms with Crippen LogP contribution in [0.3, 0.4) is 0 Å². The van der Waals surface area contributed by atoms with Crippen LogP contribution in [0.5, 0.6) is 0 Å². The molecule has 0 aliphatic carbocycles. The summed E-state index contributed by atoms with van der Waals surface area (Å²) in [4.78, 5) is 12.7. The Morgan fingerprint density at radius 1 is 1.50 bits per heavy atom. The van der Waals surface area contributed by atoms with Crippen LogP contribution in [0, 0.1) is 5.92 Å². The molecule has 1 amide bonds. The van der Waals surface area contributed by atoms with Crippen LogP contribution in [-0.2, 0) is 4.79 Å². The molecule has 82 valence electrons. The zero-order valence-electron chi connectivity index (χ0n) is 8.10. The van der Waals surface area contributed by atoms with Crippen LogP contribution in [0.4, 0.5) is 8.78 Å². The molecule has 0 aromatic rings. The minimum absolute atomic E-state index is 0.0623. The number of hydrogen-bond acceptors (Lipinski definition) is 1. The third kappa shape index (κ3) is 2.80. The Kier molecular flexibility index (Phi) is 3.70. The molecule has 0 bridgehead atoms. The first kappa shape index (κ1) is 11.7. The molecule has 0 N–H and O–H groups in total. The minimum atomic E-state index is -2.63. The second kappa shape index (κ2) is 4.43. The predicted molar refractivity (Wildman–Crippen MR) is 50.6 cm³/mol. The van der Waals surface area contributed by atoms with E-state index in [0.717, 1.165) is 6.92 Å². The molecule has 0 atom stereocenters. The smallest absolute Gasteiger partial charge is 0.248 e. The molecule has 1 aliphatic rings. The summed E-state index contributed by atoms with van der Waals surface area (Å²) in [6.45, 7) is 1.75. The highest BCUT2D eigenvalue weighted by Gasteiger charge is 2.36. The van der Waals surface area contributed by atoms with Crippen molar-refractivity contribution in [1.82, 2.24) is 4.90 Å². The quantitative estimate of drug-likeness (QED) is 0.660. The van der Waals surface area contributed by atoms with Crippen LogP contribution in [0.25, 0.3) is 0 Å². The number of nitrogens with zero attached hydrogens (tertiary/aromatic N) is 1. The molecule has 0 saturated carbocycles. The molecule has 0 aromatic heterocycles. The summed E-state index contributed by atoms with van der Waals surface area (Å²) in [6.07, 6.45) is 0.734. The van der Waals surface area contributed by atoms with Gasteiger partial charge < -0.3 is 4.90 Å². The summed E-state index contributed by atoms with van der Waals surface area (Å²) in [6, 6.07) is 0. The van der Waals surface area contributed by atoms with E-state index in [2.05, 4.69) is 0 Å². The zero-order valence-corrected chi connectivity index (χ0v) is 8.86. The number of likely N-dealkylation sites (tertiary alicyclic amines) is 1. The normalized spacial score (nSPS) is 19.9. The van der Waals surface area contributed by atoms with Gasteiger partial charge in [-0.1, -0.05) is 0 Å². The standard InChI is InChI=1S/C9H14ClF2NO/c1-9(11,12)7-2-4-13(5-3-7)8(14)6-10/h7H,2-6H2,1H3. The fourth-order valence-electron chi connectivity index (χ4n) is 1.72. The molecule has 2 nitrogen and oxygen atoms in total. The molecule has 1 fully saturated rings. The molecule has 0 radical (unpaired) electrons. The van der Waals surface area contributed by atoms with Gasteiger partial charge in [0.1, 0.15) is 5.88 Å². The van der Waals surface area contributed by atoms with Gasteiger partial charge in [-0.25, -0.2) is 8.78 Å². The zero-order chi connectivity index (χ0) is 10.8. The van der Waals surface area contributed by atoms with Crippen LogP contribution in [0.15, 0.2) is 0 Å². The first-order valence-electron chi connectivity index (χ1n) is 4.66. The summed E-state index contributed by atoms with van der Waals surface area (Å²) in [5, 5.41) is 0. The summed E-state index contributed by atoms with van der Waals surface area (Å²) in [7, 11) is 0. The highest BCUT2D eigenvalue weighted by molar-refractivity contribution is 6.27. The summed E-state index contributed by atoms with van der Waals surface area (Å²) in [5.74, 6) is -3.45. The lowest BCUT2D eigenvalue weighted by atomic mass is 9.91. The Morgan fingerprint density at radius 2 is 2.00 bits per heavy atom. The number of carbonyl (C=O) groups excluding carboxylic acids is 1. The lowest BCUT2D eigenvalue weighted by Crippen LogP contribution is -2.42. The minimum Gasteiger partial charge on any atom is -0.342 e. The highest BCUT2D eigenvalue weighted by atomic mass is 35.5. The second-order valence-corrected chi connectivity index (χ2v) is 4.01. The number of amides is 1. The Bertz CT molecular complexity index is 209. The molecule has 1 aliphatic heterocycles. The monoisotopic (exact) mass is 225 g/mol. The lowest BCUT2D eigenvalue weighted by molar-refractivity contribution is -0.132. The van der Waals surface area contributed by atoms with Gasteiger partial charge in [-0.15, -0.1) is 11.6 Å². The molecule has 14 heavy (non-hydrogen) atoms. The highest BCUT2D eigenvalue weighted by Crippen LogP contribution is 2.32. The van der Waals surface area contributed by atoms with Gasteiger partial charge in [0.05, 0.1) is 0 Å². The first-order chi connectivity index (χ1) is 6.45. The van der Waals surface area contributed by atoms with Crippen molar-refractivity contribution < 1.29 is 13.6 Å². The molecule has 0 spiro atoms. The molecule has 1 heterocycles. The Labute approximate surface area is 87.2 Å². The van der Waals surface area contributed by atoms with Crippen LogP contribution >= 0.6 is 11.6 Å². The Balaban J connectivity index is 2.43. The fourth-order valence-corrected chi connectivity index (χ4v) is 1.89. The van der Waals surface area contributed by atoms with E-state index >= 15 is 0 Å². The average molecular weight is 226 g/mol. The third-order valence-electron chi connectivity index (χ3n) is 2.68. The van der Waals surface area contributed by atoms with Gasteiger partial charge in [0.2, 0.25) is 11.8 Å². The van der Waals surface area contributed by atoms with Crippen molar-refractivity contribution in [3.05, 3.63) is 0 Å². The molecule has 0 aromatic carbocycles. The third-order valence-corrected chi connectivity index (χ3v) is 2.91. The van der Waals surface area contributed by atoms with Crippen molar-refractivity contribution in [3.8, 4) is 0 Å². The number of piperidine rings is 1. The van der Waals surface area contributed by atoms with E-state index in [0.29, 0.717) is 25.9 Å². The molecular formula is C9H14ClF2NO. The van der Waals surface area contributed by atoms with E-state index in [-0.39, 0.29) is 11.8 Å². The van der Waals surface area contributed by atoms with Crippen molar-refractivity contribution >= 4 is 17.5 Å². The van der Waals surface area contributed by atoms with Crippen molar-refractivity contribution in [2.24, 2.45) is 5.92 Å². The summed E-state index contributed by atoms with van der Waals surface area (Å²) < 4.78 is 25.8. The van der Waals surface area contributed by atoms with Crippen LogP contribution in [-0.4, -0.2) is 35.7 Å². The van der Waals surface area contributed by atoms with Crippen LogP contribution in [0.1, 0.15) is 19.8 Å². The van der Waals surface area contributed by atoms with Gasteiger partial charge in [-0.3, -0.25) is 4.79 Å². The van der Waals surface area contributed by atoms with E-state index in [1.165, 1.54) is 0 Å². The predicted octanol–water partition coefficient (Wildman–Crippen LogP) is 2.12. The average Bonchev–Trinajstić information content (AvgIpc) is 2.15. The fraction of sp³-hybridized carbons (Fsp3) is 0.889. The van der Waals surface area contributed by atoms with Gasteiger partial charge in [-0.05, 0) is 19.8 Å². The van der Waals surface area contributed by atoms with Gasteiger partial charge >= 0.3 is 0 Å². The van der Waals surface area contributed by atoms with Gasteiger partial charge in [0.15, 0.2) is 0 Å². The van der Waals surface area contributed by atoms with E-state index in [4.69, 9.17) is 11.6 Å². The van der Waals surface area contributed by atoms with Crippen LogP contribution in [0.2, 0.25) is 0 Å². The molecule has 0 unspecified atom stereocenters. The van der Waals surface area contributed by atoms with Gasteiger partial charge in [0.25, 0.3) is 0 Å². The second-order valence-electron chi connectivity index (χ2n) is 3.74. The summed E-state index contributed by atoms with van der Waals surface area (Å²) >= 11 is 5.37. The molecular weight excluding hydrogens is 212 g/mol. The number of alkyl halides is 3. The number of hydrogen-bond donors (Lipinski definition) is 0. The molecule has 1 rings (SSSR count). The maximum atomic E-state index is 12.9. The molecule has 1 saturated heterocycles. The number of rotatable bonds is 2. The van der Waals surface area contributed by atoms with E-state index in [9.17, 15) is 13.6 Å². The first-order valence-corrected chi connectivity index (χ1v) is 5.20. The topological polar surface area (TPSA) is 20.3 Å².